The van der Waals surface area contributed by atoms with E-state index in [1.54, 1.807) is 0 Å². The van der Waals surface area contributed by atoms with Crippen LogP contribution in [-0.4, -0.2) is 51.6 Å². The second-order valence-corrected chi connectivity index (χ2v) is 11.5. The Morgan fingerprint density at radius 3 is 0.524 bits per heavy atom. The molecule has 0 aliphatic carbocycles. The lowest BCUT2D eigenvalue weighted by Gasteiger charge is -2.32. The van der Waals surface area contributed by atoms with Gasteiger partial charge in [-0.2, -0.15) is 0 Å². The third kappa shape index (κ3) is 23.2. The van der Waals surface area contributed by atoms with Crippen molar-refractivity contribution in [3.05, 3.63) is 0 Å². The predicted octanol–water partition coefficient (Wildman–Crippen LogP) is 11.1. The minimum absolute atomic E-state index is 0.615. The molecule has 0 fully saturated rings. The van der Waals surface area contributed by atoms with Crippen LogP contribution < -0.4 is 0 Å². The Hall–Kier alpha value is -0.240. The Bertz CT molecular complexity index is 449. The van der Waals surface area contributed by atoms with Gasteiger partial charge in [-0.3, -0.25) is 0 Å². The summed E-state index contributed by atoms with van der Waals surface area (Å²) < 4.78 is 34.9. The van der Waals surface area contributed by atoms with Gasteiger partial charge in [0.1, 0.15) is 0 Å². The molecule has 6 nitrogen and oxygen atoms in total. The number of ether oxygens (including phenoxy) is 6. The van der Waals surface area contributed by atoms with E-state index in [0.717, 1.165) is 25.7 Å². The van der Waals surface area contributed by atoms with Gasteiger partial charge in [0, 0.05) is 52.5 Å². The van der Waals surface area contributed by atoms with E-state index in [-0.39, 0.29) is 0 Å². The number of hydrogen-bond donors (Lipinski definition) is 0. The highest BCUT2D eigenvalue weighted by atomic mass is 16.9. The van der Waals surface area contributed by atoms with Crippen molar-refractivity contribution >= 4 is 0 Å². The van der Waals surface area contributed by atoms with Crippen molar-refractivity contribution in [1.29, 1.82) is 0 Å². The molecule has 0 spiro atoms. The topological polar surface area (TPSA) is 55.4 Å². The molecule has 0 saturated carbocycles. The van der Waals surface area contributed by atoms with Gasteiger partial charge in [-0.15, -0.1) is 0 Å². The van der Waals surface area contributed by atoms with Gasteiger partial charge in [0.2, 0.25) is 0 Å². The highest BCUT2D eigenvalue weighted by Crippen LogP contribution is 2.25. The molecule has 0 aromatic rings. The van der Waals surface area contributed by atoms with E-state index in [1.807, 2.05) is 41.5 Å². The van der Waals surface area contributed by atoms with Gasteiger partial charge in [-0.25, -0.2) is 0 Å². The van der Waals surface area contributed by atoms with Crippen LogP contribution in [0.2, 0.25) is 0 Å². The largest absolute Gasteiger partial charge is 0.328 e. The Morgan fingerprint density at radius 1 is 0.238 bits per heavy atom. The van der Waals surface area contributed by atoms with Crippen molar-refractivity contribution in [3.8, 4) is 0 Å². The number of unbranched alkanes of at least 4 members (excludes halogenated alkanes) is 19. The van der Waals surface area contributed by atoms with Crippen molar-refractivity contribution in [2.24, 2.45) is 0 Å². The summed E-state index contributed by atoms with van der Waals surface area (Å²) in [5.41, 5.74) is 0. The molecule has 0 N–H and O–H groups in total. The molecule has 0 aliphatic heterocycles. The first-order valence-electron chi connectivity index (χ1n) is 18.4. The fourth-order valence-corrected chi connectivity index (χ4v) is 5.87. The standard InChI is InChI=1S/C36H74O6/c1-7-37-35(38-8-2,39-9-3)33-31-29-27-25-23-21-19-17-15-13-14-16-18-20-22-24-26-28-30-32-34-36(40-10-4,41-11-5)42-12-6/h7-34H2,1-6H3. The van der Waals surface area contributed by atoms with E-state index < -0.39 is 11.9 Å². The highest BCUT2D eigenvalue weighted by molar-refractivity contribution is 4.61. The molecule has 0 aliphatic rings. The lowest BCUT2D eigenvalue weighted by atomic mass is 10.0. The molecule has 0 unspecified atom stereocenters. The minimum atomic E-state index is -0.827. The van der Waals surface area contributed by atoms with Crippen LogP contribution in [0.4, 0.5) is 0 Å². The average molecular weight is 603 g/mol. The Balaban J connectivity index is 3.49. The molecule has 0 bridgehead atoms. The smallest absolute Gasteiger partial charge is 0.282 e. The fourth-order valence-electron chi connectivity index (χ4n) is 5.87. The average Bonchev–Trinajstić information content (AvgIpc) is 2.96. The van der Waals surface area contributed by atoms with Crippen LogP contribution in [0.5, 0.6) is 0 Å². The zero-order valence-corrected chi connectivity index (χ0v) is 29.2. The second-order valence-electron chi connectivity index (χ2n) is 11.5. The summed E-state index contributed by atoms with van der Waals surface area (Å²) in [6.45, 7) is 15.7. The third-order valence-electron chi connectivity index (χ3n) is 7.90. The molecule has 0 radical (unpaired) electrons. The summed E-state index contributed by atoms with van der Waals surface area (Å²) in [7, 11) is 0. The zero-order chi connectivity index (χ0) is 31.0. The molecule has 0 atom stereocenters. The lowest BCUT2D eigenvalue weighted by molar-refractivity contribution is -0.380. The van der Waals surface area contributed by atoms with Crippen LogP contribution in [0.25, 0.3) is 0 Å². The van der Waals surface area contributed by atoms with E-state index in [4.69, 9.17) is 28.4 Å². The quantitative estimate of drug-likeness (QED) is 0.0531. The zero-order valence-electron chi connectivity index (χ0n) is 29.2. The van der Waals surface area contributed by atoms with Gasteiger partial charge in [0.05, 0.1) is 0 Å². The molecule has 42 heavy (non-hydrogen) atoms. The van der Waals surface area contributed by atoms with E-state index in [1.165, 1.54) is 116 Å². The van der Waals surface area contributed by atoms with Crippen molar-refractivity contribution in [1.82, 2.24) is 0 Å². The van der Waals surface area contributed by atoms with Crippen LogP contribution in [0.15, 0.2) is 0 Å². The molecule has 0 heterocycles. The van der Waals surface area contributed by atoms with Gasteiger partial charge < -0.3 is 28.4 Å². The fraction of sp³-hybridized carbons (Fsp3) is 1.00. The first-order chi connectivity index (χ1) is 20.6. The molecule has 6 heteroatoms. The predicted molar refractivity (Wildman–Crippen MR) is 177 cm³/mol. The number of hydrogen-bond acceptors (Lipinski definition) is 6. The van der Waals surface area contributed by atoms with Crippen molar-refractivity contribution in [3.63, 3.8) is 0 Å². The molecule has 0 saturated heterocycles. The van der Waals surface area contributed by atoms with Crippen LogP contribution in [0.1, 0.15) is 183 Å². The highest BCUT2D eigenvalue weighted by Gasteiger charge is 2.32. The molecule has 0 aromatic carbocycles. The summed E-state index contributed by atoms with van der Waals surface area (Å²) in [4.78, 5) is 0. The summed E-state index contributed by atoms with van der Waals surface area (Å²) in [5, 5.41) is 0. The summed E-state index contributed by atoms with van der Waals surface area (Å²) in [5.74, 6) is -1.65. The molecular weight excluding hydrogens is 528 g/mol. The molecule has 0 rings (SSSR count). The second kappa shape index (κ2) is 30.8. The van der Waals surface area contributed by atoms with Gasteiger partial charge in [-0.1, -0.05) is 116 Å². The van der Waals surface area contributed by atoms with Crippen LogP contribution in [0.3, 0.4) is 0 Å². The van der Waals surface area contributed by atoms with Crippen LogP contribution in [0, 0.1) is 0 Å². The molecular formula is C36H74O6. The van der Waals surface area contributed by atoms with Gasteiger partial charge in [0.25, 0.3) is 11.9 Å². The van der Waals surface area contributed by atoms with Gasteiger partial charge in [0.15, 0.2) is 0 Å². The van der Waals surface area contributed by atoms with E-state index in [2.05, 4.69) is 0 Å². The summed E-state index contributed by atoms with van der Waals surface area (Å²) in [6.07, 6.45) is 28.5. The Morgan fingerprint density at radius 2 is 0.381 bits per heavy atom. The summed E-state index contributed by atoms with van der Waals surface area (Å²) >= 11 is 0. The lowest BCUT2D eigenvalue weighted by Crippen LogP contribution is -2.39. The van der Waals surface area contributed by atoms with Gasteiger partial charge >= 0.3 is 0 Å². The first-order valence-corrected chi connectivity index (χ1v) is 18.4. The van der Waals surface area contributed by atoms with Crippen molar-refractivity contribution < 1.29 is 28.4 Å². The maximum atomic E-state index is 5.82. The SMILES string of the molecule is CCOC(CCCCCCCCCCCCCCCCCCCCCCC(OCC)(OCC)OCC)(OCC)OCC. The minimum Gasteiger partial charge on any atom is -0.328 e. The van der Waals surface area contributed by atoms with Crippen molar-refractivity contribution in [2.75, 3.05) is 39.6 Å². The summed E-state index contributed by atoms with van der Waals surface area (Å²) in [6, 6.07) is 0. The first kappa shape index (κ1) is 41.8. The van der Waals surface area contributed by atoms with Crippen LogP contribution in [-0.2, 0) is 28.4 Å². The Kier molecular flexibility index (Phi) is 30.6. The van der Waals surface area contributed by atoms with E-state index in [0.29, 0.717) is 39.6 Å². The van der Waals surface area contributed by atoms with Crippen LogP contribution >= 0.6 is 0 Å². The monoisotopic (exact) mass is 603 g/mol. The molecule has 0 amide bonds. The third-order valence-corrected chi connectivity index (χ3v) is 7.90. The Labute approximate surface area is 262 Å². The molecule has 0 aromatic heterocycles. The van der Waals surface area contributed by atoms with Crippen molar-refractivity contribution in [2.45, 2.75) is 195 Å². The van der Waals surface area contributed by atoms with E-state index >= 15 is 0 Å². The molecule has 254 valence electrons. The maximum absolute atomic E-state index is 5.82. The maximum Gasteiger partial charge on any atom is 0.282 e. The van der Waals surface area contributed by atoms with E-state index in [9.17, 15) is 0 Å². The van der Waals surface area contributed by atoms with Gasteiger partial charge in [-0.05, 0) is 54.4 Å². The number of rotatable bonds is 35. The normalized spacial score (nSPS) is 12.4.